The van der Waals surface area contributed by atoms with Gasteiger partial charge in [0.2, 0.25) is 11.8 Å². The third kappa shape index (κ3) is 3.39. The van der Waals surface area contributed by atoms with Crippen molar-refractivity contribution in [3.63, 3.8) is 0 Å². The number of aromatic amines is 1. The molecule has 1 spiro atoms. The van der Waals surface area contributed by atoms with Gasteiger partial charge in [0.1, 0.15) is 5.60 Å². The minimum Gasteiger partial charge on any atom is -0.493 e. The zero-order valence-electron chi connectivity index (χ0n) is 19.6. The quantitative estimate of drug-likeness (QED) is 0.515. The molecule has 3 aliphatic heterocycles. The molecule has 35 heavy (non-hydrogen) atoms. The van der Waals surface area contributed by atoms with E-state index in [1.165, 1.54) is 10.9 Å². The number of anilines is 1. The summed E-state index contributed by atoms with van der Waals surface area (Å²) in [7, 11) is 3.11. The zero-order chi connectivity index (χ0) is 24.2. The SMILES string of the molecule is COc1ccc(NC(=O)[C@@H]2[C@H]3C(=O)N(CCc4c[nH]c5ccccc45)C[C@@]34C=C[C@H]2O4)cc1OC. The van der Waals surface area contributed by atoms with Crippen molar-refractivity contribution in [3.05, 3.63) is 66.4 Å². The van der Waals surface area contributed by atoms with Gasteiger partial charge >= 0.3 is 0 Å². The molecule has 0 unspecified atom stereocenters. The van der Waals surface area contributed by atoms with Crippen molar-refractivity contribution in [2.24, 2.45) is 11.8 Å². The minimum absolute atomic E-state index is 0.0239. The number of hydrogen-bond acceptors (Lipinski definition) is 5. The first-order valence-corrected chi connectivity index (χ1v) is 11.8. The maximum absolute atomic E-state index is 13.5. The Morgan fingerprint density at radius 2 is 2.03 bits per heavy atom. The average molecular weight is 474 g/mol. The van der Waals surface area contributed by atoms with E-state index in [9.17, 15) is 9.59 Å². The molecular formula is C27H27N3O5. The molecule has 2 aromatic carbocycles. The minimum atomic E-state index is -0.735. The smallest absolute Gasteiger partial charge is 0.231 e. The largest absolute Gasteiger partial charge is 0.493 e. The number of ether oxygens (including phenoxy) is 3. The maximum Gasteiger partial charge on any atom is 0.231 e. The lowest BCUT2D eigenvalue weighted by Gasteiger charge is -2.23. The van der Waals surface area contributed by atoms with Crippen molar-refractivity contribution in [2.75, 3.05) is 32.6 Å². The molecule has 2 amide bonds. The van der Waals surface area contributed by atoms with Crippen molar-refractivity contribution in [1.82, 2.24) is 9.88 Å². The Labute approximate surface area is 202 Å². The van der Waals surface area contributed by atoms with Gasteiger partial charge in [0.15, 0.2) is 11.5 Å². The van der Waals surface area contributed by atoms with Crippen LogP contribution in [-0.4, -0.2) is 60.7 Å². The van der Waals surface area contributed by atoms with Gasteiger partial charge in [-0.1, -0.05) is 30.4 Å². The summed E-state index contributed by atoms with van der Waals surface area (Å²) in [5.74, 6) is -0.271. The molecule has 0 radical (unpaired) electrons. The Morgan fingerprint density at radius 3 is 2.86 bits per heavy atom. The summed E-state index contributed by atoms with van der Waals surface area (Å²) in [6, 6.07) is 13.3. The van der Waals surface area contributed by atoms with Crippen LogP contribution in [0.25, 0.3) is 10.9 Å². The van der Waals surface area contributed by atoms with Gasteiger partial charge in [0.25, 0.3) is 0 Å². The second-order valence-electron chi connectivity index (χ2n) is 9.33. The molecule has 2 bridgehead atoms. The molecule has 3 aliphatic rings. The first-order chi connectivity index (χ1) is 17.0. The van der Waals surface area contributed by atoms with Crippen molar-refractivity contribution >= 4 is 28.4 Å². The highest BCUT2D eigenvalue weighted by molar-refractivity contribution is 5.99. The number of benzene rings is 2. The highest BCUT2D eigenvalue weighted by Gasteiger charge is 2.66. The molecule has 8 heteroatoms. The summed E-state index contributed by atoms with van der Waals surface area (Å²) in [5, 5.41) is 4.12. The van der Waals surface area contributed by atoms with Gasteiger partial charge in [-0.25, -0.2) is 0 Å². The number of aromatic nitrogens is 1. The number of amides is 2. The third-order valence-electron chi connectivity index (χ3n) is 7.46. The Kier molecular flexibility index (Phi) is 5.07. The summed E-state index contributed by atoms with van der Waals surface area (Å²) >= 11 is 0. The maximum atomic E-state index is 13.5. The Bertz CT molecular complexity index is 1350. The molecule has 2 N–H and O–H groups in total. The number of methoxy groups -OCH3 is 2. The number of H-pyrrole nitrogens is 1. The van der Waals surface area contributed by atoms with E-state index >= 15 is 0 Å². The number of likely N-dealkylation sites (tertiary alicyclic amines) is 1. The monoisotopic (exact) mass is 473 g/mol. The van der Waals surface area contributed by atoms with E-state index in [0.717, 1.165) is 11.9 Å². The lowest BCUT2D eigenvalue weighted by atomic mass is 9.77. The van der Waals surface area contributed by atoms with E-state index in [1.807, 2.05) is 41.4 Å². The molecule has 0 aliphatic carbocycles. The molecular weight excluding hydrogens is 446 g/mol. The molecule has 4 heterocycles. The van der Waals surface area contributed by atoms with E-state index in [0.29, 0.717) is 30.3 Å². The number of hydrogen-bond donors (Lipinski definition) is 2. The number of para-hydroxylation sites is 1. The van der Waals surface area contributed by atoms with Gasteiger partial charge in [-0.3, -0.25) is 9.59 Å². The molecule has 1 aromatic heterocycles. The molecule has 6 rings (SSSR count). The first-order valence-electron chi connectivity index (χ1n) is 11.8. The van der Waals surface area contributed by atoms with E-state index in [2.05, 4.69) is 16.4 Å². The molecule has 180 valence electrons. The van der Waals surface area contributed by atoms with Crippen molar-refractivity contribution in [2.45, 2.75) is 18.1 Å². The van der Waals surface area contributed by atoms with Crippen LogP contribution in [-0.2, 0) is 20.7 Å². The highest BCUT2D eigenvalue weighted by Crippen LogP contribution is 2.52. The van der Waals surface area contributed by atoms with E-state index in [1.54, 1.807) is 32.4 Å². The molecule has 2 saturated heterocycles. The molecule has 2 fully saturated rings. The van der Waals surface area contributed by atoms with Crippen LogP contribution in [0.1, 0.15) is 5.56 Å². The van der Waals surface area contributed by atoms with Crippen LogP contribution in [0.3, 0.4) is 0 Å². The van der Waals surface area contributed by atoms with Gasteiger partial charge < -0.3 is 29.4 Å². The van der Waals surface area contributed by atoms with Crippen LogP contribution in [0.5, 0.6) is 11.5 Å². The van der Waals surface area contributed by atoms with E-state index in [4.69, 9.17) is 14.2 Å². The average Bonchev–Trinajstić information content (AvgIpc) is 3.62. The standard InChI is InChI=1S/C27H27N3O5/c1-33-20-8-7-17(13-22(20)34-2)29-25(31)23-21-9-11-27(35-21)15-30(26(32)24(23)27)12-10-16-14-28-19-6-4-3-5-18(16)19/h3-9,11,13-14,21,23-24,28H,10,12,15H2,1-2H3,(H,29,31)/t21-,23+,24+,27+/m1/s1. The number of carbonyl (C=O) groups excluding carboxylic acids is 2. The summed E-state index contributed by atoms with van der Waals surface area (Å²) in [5.41, 5.74) is 2.10. The zero-order valence-corrected chi connectivity index (χ0v) is 19.6. The van der Waals surface area contributed by atoms with Gasteiger partial charge in [0.05, 0.1) is 38.7 Å². The topological polar surface area (TPSA) is 92.9 Å². The number of nitrogens with zero attached hydrogens (tertiary/aromatic N) is 1. The first kappa shape index (κ1) is 21.7. The second-order valence-corrected chi connectivity index (χ2v) is 9.33. The summed E-state index contributed by atoms with van der Waals surface area (Å²) in [6.07, 6.45) is 6.23. The number of nitrogens with one attached hydrogen (secondary N) is 2. The van der Waals surface area contributed by atoms with Gasteiger partial charge in [-0.05, 0) is 30.2 Å². The molecule has 4 atom stereocenters. The second kappa shape index (κ2) is 8.16. The van der Waals surface area contributed by atoms with Crippen LogP contribution < -0.4 is 14.8 Å². The van der Waals surface area contributed by atoms with E-state index < -0.39 is 23.5 Å². The van der Waals surface area contributed by atoms with Gasteiger partial charge in [0, 0.05) is 35.4 Å². The highest BCUT2D eigenvalue weighted by atomic mass is 16.5. The van der Waals surface area contributed by atoms with Crippen molar-refractivity contribution < 1.29 is 23.8 Å². The van der Waals surface area contributed by atoms with Crippen LogP contribution >= 0.6 is 0 Å². The van der Waals surface area contributed by atoms with Crippen LogP contribution in [0, 0.1) is 11.8 Å². The number of fused-ring (bicyclic) bond motifs is 2. The van der Waals surface area contributed by atoms with E-state index in [-0.39, 0.29) is 11.8 Å². The lowest BCUT2D eigenvalue weighted by molar-refractivity contribution is -0.135. The fraction of sp³-hybridized carbons (Fsp3) is 0.333. The van der Waals surface area contributed by atoms with Crippen LogP contribution in [0.4, 0.5) is 5.69 Å². The Hall–Kier alpha value is -3.78. The molecule has 0 saturated carbocycles. The Morgan fingerprint density at radius 1 is 1.20 bits per heavy atom. The fourth-order valence-electron chi connectivity index (χ4n) is 5.80. The van der Waals surface area contributed by atoms with Crippen LogP contribution in [0.2, 0.25) is 0 Å². The van der Waals surface area contributed by atoms with Gasteiger partial charge in [-0.2, -0.15) is 0 Å². The third-order valence-corrected chi connectivity index (χ3v) is 7.46. The predicted molar refractivity (Wildman–Crippen MR) is 130 cm³/mol. The van der Waals surface area contributed by atoms with Crippen molar-refractivity contribution in [1.29, 1.82) is 0 Å². The number of carbonyl (C=O) groups is 2. The molecule has 8 nitrogen and oxygen atoms in total. The van der Waals surface area contributed by atoms with Crippen LogP contribution in [0.15, 0.2) is 60.8 Å². The molecule has 3 aromatic rings. The van der Waals surface area contributed by atoms with Gasteiger partial charge in [-0.15, -0.1) is 0 Å². The predicted octanol–water partition coefficient (Wildman–Crippen LogP) is 3.15. The normalized spacial score (nSPS) is 26.4. The summed E-state index contributed by atoms with van der Waals surface area (Å²) in [4.78, 5) is 32.0. The number of rotatable bonds is 7. The Balaban J connectivity index is 1.19. The lowest BCUT2D eigenvalue weighted by Crippen LogP contribution is -2.41. The summed E-state index contributed by atoms with van der Waals surface area (Å²) in [6.45, 7) is 1.04. The summed E-state index contributed by atoms with van der Waals surface area (Å²) < 4.78 is 16.9. The fourth-order valence-corrected chi connectivity index (χ4v) is 5.80. The van der Waals surface area contributed by atoms with Crippen molar-refractivity contribution in [3.8, 4) is 11.5 Å².